The molecule has 1 atom stereocenters. The summed E-state index contributed by atoms with van der Waals surface area (Å²) in [7, 11) is 0. The molecule has 4 heteroatoms. The van der Waals surface area contributed by atoms with Crippen molar-refractivity contribution in [2.75, 3.05) is 26.2 Å². The average Bonchev–Trinajstić information content (AvgIpc) is 2.51. The molecular formula is C15H28N2O2. The van der Waals surface area contributed by atoms with E-state index in [0.717, 1.165) is 32.6 Å². The van der Waals surface area contributed by atoms with Gasteiger partial charge >= 0.3 is 6.09 Å². The van der Waals surface area contributed by atoms with Crippen molar-refractivity contribution in [3.8, 4) is 0 Å². The molecule has 2 saturated heterocycles. The van der Waals surface area contributed by atoms with E-state index in [1.54, 1.807) is 0 Å². The topological polar surface area (TPSA) is 41.6 Å². The molecule has 19 heavy (non-hydrogen) atoms. The van der Waals surface area contributed by atoms with Crippen LogP contribution in [0.3, 0.4) is 0 Å². The predicted molar refractivity (Wildman–Crippen MR) is 76.2 cm³/mol. The van der Waals surface area contributed by atoms with E-state index in [2.05, 4.69) is 5.32 Å². The lowest BCUT2D eigenvalue weighted by molar-refractivity contribution is 0.0157. The van der Waals surface area contributed by atoms with Gasteiger partial charge in [0.15, 0.2) is 0 Å². The highest BCUT2D eigenvalue weighted by atomic mass is 16.6. The number of piperidine rings is 1. The van der Waals surface area contributed by atoms with E-state index in [9.17, 15) is 4.79 Å². The van der Waals surface area contributed by atoms with Crippen LogP contribution in [0.5, 0.6) is 0 Å². The molecule has 2 aliphatic rings. The van der Waals surface area contributed by atoms with Crippen molar-refractivity contribution >= 4 is 6.09 Å². The van der Waals surface area contributed by atoms with Gasteiger partial charge in [-0.2, -0.15) is 0 Å². The lowest BCUT2D eigenvalue weighted by atomic mass is 9.77. The van der Waals surface area contributed by atoms with E-state index >= 15 is 0 Å². The number of rotatable bonds is 0. The van der Waals surface area contributed by atoms with Crippen LogP contribution >= 0.6 is 0 Å². The molecule has 2 heterocycles. The van der Waals surface area contributed by atoms with E-state index < -0.39 is 5.60 Å². The van der Waals surface area contributed by atoms with Gasteiger partial charge in [-0.3, -0.25) is 0 Å². The summed E-state index contributed by atoms with van der Waals surface area (Å²) in [5.41, 5.74) is -0.118. The predicted octanol–water partition coefficient (Wildman–Crippen LogP) is 2.78. The van der Waals surface area contributed by atoms with Crippen LogP contribution < -0.4 is 5.32 Å². The molecule has 0 aromatic carbocycles. The summed E-state index contributed by atoms with van der Waals surface area (Å²) in [5.74, 6) is 0. The third kappa shape index (κ3) is 4.10. The van der Waals surface area contributed by atoms with E-state index in [0.29, 0.717) is 0 Å². The van der Waals surface area contributed by atoms with Crippen LogP contribution in [0.1, 0.15) is 52.9 Å². The Morgan fingerprint density at radius 1 is 1.21 bits per heavy atom. The minimum Gasteiger partial charge on any atom is -0.444 e. The number of nitrogens with one attached hydrogen (secondary N) is 1. The molecule has 1 spiro atoms. The highest BCUT2D eigenvalue weighted by Crippen LogP contribution is 2.35. The van der Waals surface area contributed by atoms with Gasteiger partial charge in [0.25, 0.3) is 0 Å². The molecule has 2 aliphatic heterocycles. The van der Waals surface area contributed by atoms with E-state index in [1.165, 1.54) is 25.7 Å². The number of hydrogen-bond donors (Lipinski definition) is 1. The number of amides is 1. The zero-order chi connectivity index (χ0) is 13.9. The molecule has 1 unspecified atom stereocenters. The Kier molecular flexibility index (Phi) is 4.39. The van der Waals surface area contributed by atoms with Crippen LogP contribution in [-0.4, -0.2) is 42.8 Å². The average molecular weight is 268 g/mol. The molecule has 0 saturated carbocycles. The smallest absolute Gasteiger partial charge is 0.410 e. The Balaban J connectivity index is 2.01. The van der Waals surface area contributed by atoms with Crippen LogP contribution in [0.15, 0.2) is 0 Å². The second-order valence-corrected chi connectivity index (χ2v) is 7.14. The molecule has 0 bridgehead atoms. The molecule has 1 amide bonds. The quantitative estimate of drug-likeness (QED) is 0.734. The first-order valence-electron chi connectivity index (χ1n) is 7.59. The fraction of sp³-hybridized carbons (Fsp3) is 0.933. The van der Waals surface area contributed by atoms with Crippen LogP contribution in [-0.2, 0) is 4.74 Å². The zero-order valence-electron chi connectivity index (χ0n) is 12.6. The van der Waals surface area contributed by atoms with Crippen LogP contribution in [0.2, 0.25) is 0 Å². The standard InChI is InChI=1S/C15H28N2O2/c1-14(2,3)19-13(18)17-10-5-4-7-15(12-17)8-6-9-16-11-15/h16H,4-12H2,1-3H3. The fourth-order valence-corrected chi connectivity index (χ4v) is 3.23. The Morgan fingerprint density at radius 2 is 1.95 bits per heavy atom. The Morgan fingerprint density at radius 3 is 2.58 bits per heavy atom. The summed E-state index contributed by atoms with van der Waals surface area (Å²) >= 11 is 0. The van der Waals surface area contributed by atoms with E-state index in [1.807, 2.05) is 25.7 Å². The van der Waals surface area contributed by atoms with Gasteiger partial charge in [-0.1, -0.05) is 6.42 Å². The number of nitrogens with zero attached hydrogens (tertiary/aromatic N) is 1. The summed E-state index contributed by atoms with van der Waals surface area (Å²) in [4.78, 5) is 14.2. The van der Waals surface area contributed by atoms with Crippen molar-refractivity contribution in [3.63, 3.8) is 0 Å². The lowest BCUT2D eigenvalue weighted by Gasteiger charge is -2.40. The minimum absolute atomic E-state index is 0.139. The van der Waals surface area contributed by atoms with Crippen LogP contribution in [0, 0.1) is 5.41 Å². The Labute approximate surface area is 116 Å². The SMILES string of the molecule is CC(C)(C)OC(=O)N1CCCCC2(CCCNC2)C1. The van der Waals surface area contributed by atoms with Gasteiger partial charge in [-0.25, -0.2) is 4.79 Å². The lowest BCUT2D eigenvalue weighted by Crippen LogP contribution is -2.49. The van der Waals surface area contributed by atoms with Gasteiger partial charge in [-0.15, -0.1) is 0 Å². The second-order valence-electron chi connectivity index (χ2n) is 7.14. The minimum atomic E-state index is -0.401. The monoisotopic (exact) mass is 268 g/mol. The Hall–Kier alpha value is -0.770. The maximum absolute atomic E-state index is 12.3. The van der Waals surface area contributed by atoms with Crippen molar-refractivity contribution < 1.29 is 9.53 Å². The van der Waals surface area contributed by atoms with Gasteiger partial charge in [0, 0.05) is 25.0 Å². The van der Waals surface area contributed by atoms with Gasteiger partial charge in [0.2, 0.25) is 0 Å². The summed E-state index contributed by atoms with van der Waals surface area (Å²) in [6.45, 7) is 9.66. The van der Waals surface area contributed by atoms with Gasteiger partial charge in [-0.05, 0) is 53.0 Å². The molecule has 2 fully saturated rings. The van der Waals surface area contributed by atoms with Crippen molar-refractivity contribution in [3.05, 3.63) is 0 Å². The first-order chi connectivity index (χ1) is 8.90. The third-order valence-electron chi connectivity index (χ3n) is 4.12. The number of likely N-dealkylation sites (tertiary alicyclic amines) is 1. The third-order valence-corrected chi connectivity index (χ3v) is 4.12. The maximum Gasteiger partial charge on any atom is 0.410 e. The molecule has 4 nitrogen and oxygen atoms in total. The van der Waals surface area contributed by atoms with Gasteiger partial charge in [0.05, 0.1) is 0 Å². The van der Waals surface area contributed by atoms with Gasteiger partial charge < -0.3 is 15.0 Å². The zero-order valence-corrected chi connectivity index (χ0v) is 12.6. The summed E-state index contributed by atoms with van der Waals surface area (Å²) in [5, 5.41) is 3.50. The largest absolute Gasteiger partial charge is 0.444 e. The summed E-state index contributed by atoms with van der Waals surface area (Å²) < 4.78 is 5.53. The molecule has 2 rings (SSSR count). The number of hydrogen-bond acceptors (Lipinski definition) is 3. The first kappa shape index (κ1) is 14.6. The normalized spacial score (nSPS) is 29.1. The van der Waals surface area contributed by atoms with E-state index in [4.69, 9.17) is 4.74 Å². The number of carbonyl (C=O) groups excluding carboxylic acids is 1. The van der Waals surface area contributed by atoms with Crippen LogP contribution in [0.25, 0.3) is 0 Å². The van der Waals surface area contributed by atoms with E-state index in [-0.39, 0.29) is 11.5 Å². The first-order valence-corrected chi connectivity index (χ1v) is 7.59. The van der Waals surface area contributed by atoms with Crippen LogP contribution in [0.4, 0.5) is 4.79 Å². The fourth-order valence-electron chi connectivity index (χ4n) is 3.23. The highest BCUT2D eigenvalue weighted by Gasteiger charge is 2.37. The highest BCUT2D eigenvalue weighted by molar-refractivity contribution is 5.68. The maximum atomic E-state index is 12.3. The molecule has 0 aromatic heterocycles. The summed E-state index contributed by atoms with van der Waals surface area (Å²) in [6.07, 6.45) is 5.88. The van der Waals surface area contributed by atoms with Crippen molar-refractivity contribution in [2.24, 2.45) is 5.41 Å². The number of ether oxygens (including phenoxy) is 1. The molecule has 0 aliphatic carbocycles. The molecular weight excluding hydrogens is 240 g/mol. The van der Waals surface area contributed by atoms with Crippen molar-refractivity contribution in [1.29, 1.82) is 0 Å². The summed E-state index contributed by atoms with van der Waals surface area (Å²) in [6, 6.07) is 0. The molecule has 0 aromatic rings. The van der Waals surface area contributed by atoms with Gasteiger partial charge in [0.1, 0.15) is 5.60 Å². The second kappa shape index (κ2) is 5.70. The Bertz CT molecular complexity index is 317. The molecule has 1 N–H and O–H groups in total. The number of carbonyl (C=O) groups is 1. The van der Waals surface area contributed by atoms with Crippen molar-refractivity contribution in [1.82, 2.24) is 10.2 Å². The van der Waals surface area contributed by atoms with Crippen molar-refractivity contribution in [2.45, 2.75) is 58.5 Å². The molecule has 0 radical (unpaired) electrons. The molecule has 110 valence electrons.